The van der Waals surface area contributed by atoms with Gasteiger partial charge in [-0.3, -0.25) is 14.4 Å². The number of ether oxygens (including phenoxy) is 3. The van der Waals surface area contributed by atoms with E-state index in [0.717, 1.165) is 5.56 Å². The number of nitrogens with one attached hydrogen (secondary N) is 2. The van der Waals surface area contributed by atoms with E-state index < -0.39 is 47.9 Å². The van der Waals surface area contributed by atoms with Gasteiger partial charge in [0.1, 0.15) is 17.9 Å². The van der Waals surface area contributed by atoms with Crippen molar-refractivity contribution in [3.63, 3.8) is 0 Å². The molecule has 0 aromatic heterocycles. The molecule has 0 bridgehead atoms. The van der Waals surface area contributed by atoms with Crippen LogP contribution in [0, 0.1) is 17.8 Å². The van der Waals surface area contributed by atoms with E-state index in [1.54, 1.807) is 31.2 Å². The van der Waals surface area contributed by atoms with Crippen molar-refractivity contribution in [1.29, 1.82) is 0 Å². The third-order valence-corrected chi connectivity index (χ3v) is 7.66. The molecular formula is C35H43ClN2O7. The summed E-state index contributed by atoms with van der Waals surface area (Å²) in [5.74, 6) is -2.74. The zero-order valence-electron chi connectivity index (χ0n) is 26.5. The number of halogens is 1. The van der Waals surface area contributed by atoms with Crippen LogP contribution in [0.1, 0.15) is 51.7 Å². The van der Waals surface area contributed by atoms with E-state index in [1.165, 1.54) is 13.2 Å². The molecule has 1 heterocycles. The highest BCUT2D eigenvalue weighted by atomic mass is 35.5. The van der Waals surface area contributed by atoms with Crippen LogP contribution in [-0.2, 0) is 35.1 Å². The van der Waals surface area contributed by atoms with Gasteiger partial charge < -0.3 is 24.8 Å². The van der Waals surface area contributed by atoms with E-state index in [0.29, 0.717) is 16.3 Å². The SMILES string of the molecule is COc1ccc(C[C@H]2NC(=O)/C=C/C[C@H]([C@H](C)/C=C/c3ccccc3)OC(=O)[C@H](CC(C)C)OC(=O)[C@H](C)CNC2=O)cc1Cl. The van der Waals surface area contributed by atoms with Gasteiger partial charge in [0.15, 0.2) is 6.10 Å². The van der Waals surface area contributed by atoms with Gasteiger partial charge in [0, 0.05) is 25.3 Å². The summed E-state index contributed by atoms with van der Waals surface area (Å²) < 4.78 is 16.8. The fraction of sp³-hybridized carbons (Fsp3) is 0.429. The Hall–Kier alpha value is -4.11. The second kappa shape index (κ2) is 17.4. The van der Waals surface area contributed by atoms with Crippen molar-refractivity contribution >= 4 is 41.4 Å². The molecule has 5 atom stereocenters. The standard InChI is InChI=1S/C35H43ClN2O7/c1-22(2)18-31-35(42)44-29(23(3)14-15-25-10-7-6-8-11-25)12-9-13-32(39)38-28(33(40)37-21-24(4)34(41)45-31)20-26-16-17-30(43-5)27(36)19-26/h6-11,13-17,19,22-24,28-29,31H,12,18,20-21H2,1-5H3,(H,37,40)(H,38,39)/b13-9+,15-14+/t23-,24-,28-,29-,31+/m1/s1. The van der Waals surface area contributed by atoms with Crippen LogP contribution in [0.3, 0.4) is 0 Å². The van der Waals surface area contributed by atoms with E-state index >= 15 is 0 Å². The zero-order valence-corrected chi connectivity index (χ0v) is 27.2. The van der Waals surface area contributed by atoms with Crippen molar-refractivity contribution in [3.8, 4) is 5.75 Å². The van der Waals surface area contributed by atoms with E-state index in [9.17, 15) is 19.2 Å². The van der Waals surface area contributed by atoms with Crippen LogP contribution in [-0.4, -0.2) is 55.7 Å². The lowest BCUT2D eigenvalue weighted by atomic mass is 9.99. The largest absolute Gasteiger partial charge is 0.495 e. The van der Waals surface area contributed by atoms with Crippen molar-refractivity contribution in [2.24, 2.45) is 17.8 Å². The van der Waals surface area contributed by atoms with Gasteiger partial charge in [0.25, 0.3) is 0 Å². The number of hydrogen-bond donors (Lipinski definition) is 2. The molecule has 0 unspecified atom stereocenters. The lowest BCUT2D eigenvalue weighted by Crippen LogP contribution is -2.49. The average Bonchev–Trinajstić information content (AvgIpc) is 3.01. The molecule has 0 fully saturated rings. The molecule has 45 heavy (non-hydrogen) atoms. The Kier molecular flexibility index (Phi) is 13.7. The Labute approximate surface area is 270 Å². The van der Waals surface area contributed by atoms with Gasteiger partial charge in [-0.25, -0.2) is 4.79 Å². The van der Waals surface area contributed by atoms with Crippen molar-refractivity contribution in [2.45, 2.75) is 65.2 Å². The molecule has 0 saturated heterocycles. The summed E-state index contributed by atoms with van der Waals surface area (Å²) >= 11 is 6.29. The maximum absolute atomic E-state index is 13.4. The molecule has 0 spiro atoms. The monoisotopic (exact) mass is 638 g/mol. The van der Waals surface area contributed by atoms with Gasteiger partial charge in [-0.05, 0) is 41.7 Å². The highest BCUT2D eigenvalue weighted by Crippen LogP contribution is 2.26. The first-order valence-corrected chi connectivity index (χ1v) is 15.6. The first-order valence-electron chi connectivity index (χ1n) is 15.2. The number of rotatable bonds is 8. The molecule has 242 valence electrons. The molecule has 0 aliphatic carbocycles. The van der Waals surface area contributed by atoms with E-state index in [1.807, 2.05) is 63.3 Å². The Bertz CT molecular complexity index is 1380. The zero-order chi connectivity index (χ0) is 32.9. The number of carbonyl (C=O) groups is 4. The van der Waals surface area contributed by atoms with Crippen LogP contribution in [0.2, 0.25) is 5.02 Å². The van der Waals surface area contributed by atoms with Crippen LogP contribution in [0.5, 0.6) is 5.75 Å². The molecule has 10 heteroatoms. The Morgan fingerprint density at radius 2 is 1.76 bits per heavy atom. The van der Waals surface area contributed by atoms with Crippen molar-refractivity contribution in [2.75, 3.05) is 13.7 Å². The Morgan fingerprint density at radius 1 is 1.02 bits per heavy atom. The number of cyclic esters (lactones) is 2. The smallest absolute Gasteiger partial charge is 0.347 e. The Balaban J connectivity index is 1.89. The topological polar surface area (TPSA) is 120 Å². The van der Waals surface area contributed by atoms with Crippen LogP contribution in [0.4, 0.5) is 0 Å². The molecule has 2 aromatic rings. The first kappa shape index (κ1) is 35.4. The molecule has 9 nitrogen and oxygen atoms in total. The number of amides is 2. The summed E-state index contributed by atoms with van der Waals surface area (Å²) in [5.41, 5.74) is 1.69. The number of methoxy groups -OCH3 is 1. The summed E-state index contributed by atoms with van der Waals surface area (Å²) in [6, 6.07) is 13.9. The second-order valence-electron chi connectivity index (χ2n) is 11.7. The third-order valence-electron chi connectivity index (χ3n) is 7.36. The molecule has 0 saturated carbocycles. The molecule has 1 aliphatic heterocycles. The first-order chi connectivity index (χ1) is 21.5. The van der Waals surface area contributed by atoms with E-state index in [4.69, 9.17) is 25.8 Å². The van der Waals surface area contributed by atoms with E-state index in [2.05, 4.69) is 10.6 Å². The maximum atomic E-state index is 13.4. The second-order valence-corrected chi connectivity index (χ2v) is 12.1. The minimum atomic E-state index is -1.11. The summed E-state index contributed by atoms with van der Waals surface area (Å²) in [7, 11) is 1.51. The minimum absolute atomic E-state index is 0.0422. The molecular weight excluding hydrogens is 596 g/mol. The van der Waals surface area contributed by atoms with Crippen molar-refractivity contribution < 1.29 is 33.4 Å². The summed E-state index contributed by atoms with van der Waals surface area (Å²) in [4.78, 5) is 52.7. The Morgan fingerprint density at radius 3 is 2.42 bits per heavy atom. The van der Waals surface area contributed by atoms with Gasteiger partial charge in [-0.2, -0.15) is 0 Å². The highest BCUT2D eigenvalue weighted by Gasteiger charge is 2.31. The lowest BCUT2D eigenvalue weighted by Gasteiger charge is -2.26. The summed E-state index contributed by atoms with van der Waals surface area (Å²) in [6.45, 7) is 7.29. The van der Waals surface area contributed by atoms with Crippen molar-refractivity contribution in [1.82, 2.24) is 10.6 Å². The number of hydrogen-bond acceptors (Lipinski definition) is 7. The van der Waals surface area contributed by atoms with Crippen molar-refractivity contribution in [3.05, 3.63) is 82.9 Å². The number of carbonyl (C=O) groups excluding carboxylic acids is 4. The van der Waals surface area contributed by atoms with Gasteiger partial charge in [0.2, 0.25) is 11.8 Å². The highest BCUT2D eigenvalue weighted by molar-refractivity contribution is 6.32. The molecule has 3 rings (SSSR count). The molecule has 2 amide bonds. The number of benzene rings is 2. The molecule has 1 aliphatic rings. The fourth-order valence-electron chi connectivity index (χ4n) is 4.69. The summed E-state index contributed by atoms with van der Waals surface area (Å²) in [6.07, 6.45) is 5.68. The molecule has 0 radical (unpaired) electrons. The summed E-state index contributed by atoms with van der Waals surface area (Å²) in [5, 5.41) is 5.85. The van der Waals surface area contributed by atoms with E-state index in [-0.39, 0.29) is 37.6 Å². The van der Waals surface area contributed by atoms with Crippen LogP contribution in [0.25, 0.3) is 6.08 Å². The minimum Gasteiger partial charge on any atom is -0.495 e. The average molecular weight is 639 g/mol. The van der Waals surface area contributed by atoms with Gasteiger partial charge in [0.05, 0.1) is 18.1 Å². The number of esters is 2. The fourth-order valence-corrected chi connectivity index (χ4v) is 4.97. The third kappa shape index (κ3) is 11.4. The maximum Gasteiger partial charge on any atom is 0.347 e. The quantitative estimate of drug-likeness (QED) is 0.376. The van der Waals surface area contributed by atoms with Gasteiger partial charge in [-0.1, -0.05) is 93.9 Å². The predicted octanol–water partition coefficient (Wildman–Crippen LogP) is 5.31. The van der Waals surface area contributed by atoms with Crippen LogP contribution >= 0.6 is 11.6 Å². The molecule has 2 aromatic carbocycles. The lowest BCUT2D eigenvalue weighted by molar-refractivity contribution is -0.175. The predicted molar refractivity (Wildman–Crippen MR) is 173 cm³/mol. The van der Waals surface area contributed by atoms with Gasteiger partial charge >= 0.3 is 11.9 Å². The van der Waals surface area contributed by atoms with Crippen LogP contribution < -0.4 is 15.4 Å². The molecule has 2 N–H and O–H groups in total. The van der Waals surface area contributed by atoms with Gasteiger partial charge in [-0.15, -0.1) is 0 Å². The van der Waals surface area contributed by atoms with Crippen LogP contribution in [0.15, 0.2) is 66.8 Å². The normalized spacial score (nSPS) is 23.5.